The maximum Gasteiger partial charge on any atom is 0.327 e. The minimum Gasteiger partial charge on any atom is -0.426 e. The van der Waals surface area contributed by atoms with Crippen LogP contribution < -0.4 is 4.74 Å². The van der Waals surface area contributed by atoms with Gasteiger partial charge in [-0.15, -0.1) is 0 Å². The molecular formula is C21H28NO6PS. The Kier molecular flexibility index (Phi) is 8.11. The summed E-state index contributed by atoms with van der Waals surface area (Å²) in [5.74, 6) is 0.0838. The largest absolute Gasteiger partial charge is 0.426 e. The van der Waals surface area contributed by atoms with Crippen LogP contribution in [-0.4, -0.2) is 39.3 Å². The summed E-state index contributed by atoms with van der Waals surface area (Å²) < 4.78 is 16.7. The number of carbonyl (C=O) groups is 2. The molecule has 0 saturated carbocycles. The first-order valence-electron chi connectivity index (χ1n) is 9.66. The molecular weight excluding hydrogens is 425 g/mol. The van der Waals surface area contributed by atoms with Gasteiger partial charge in [-0.3, -0.25) is 14.2 Å². The molecule has 2 N–H and O–H groups in total. The van der Waals surface area contributed by atoms with Crippen molar-refractivity contribution in [1.82, 2.24) is 4.90 Å². The van der Waals surface area contributed by atoms with Crippen LogP contribution in [0, 0.1) is 0 Å². The van der Waals surface area contributed by atoms with Crippen LogP contribution in [0.2, 0.25) is 0 Å². The molecule has 7 nitrogen and oxygen atoms in total. The molecule has 30 heavy (non-hydrogen) atoms. The third kappa shape index (κ3) is 6.57. The van der Waals surface area contributed by atoms with Gasteiger partial charge < -0.3 is 19.4 Å². The van der Waals surface area contributed by atoms with Gasteiger partial charge in [0, 0.05) is 19.7 Å². The van der Waals surface area contributed by atoms with E-state index in [4.69, 9.17) is 14.5 Å². The normalized spacial score (nSPS) is 16.1. The summed E-state index contributed by atoms with van der Waals surface area (Å²) >= 11 is 1.26. The van der Waals surface area contributed by atoms with Crippen LogP contribution in [0.15, 0.2) is 28.6 Å². The molecule has 0 fully saturated rings. The monoisotopic (exact) mass is 453 g/mol. The fraction of sp³-hybridized carbons (Fsp3) is 0.429. The summed E-state index contributed by atoms with van der Waals surface area (Å²) in [6.07, 6.45) is 2.90. The van der Waals surface area contributed by atoms with Crippen molar-refractivity contribution in [2.75, 3.05) is 12.7 Å². The number of ether oxygens (including phenoxy) is 1. The Balaban J connectivity index is 2.44. The van der Waals surface area contributed by atoms with Gasteiger partial charge in [0.25, 0.3) is 5.91 Å². The number of nitrogens with zero attached hydrogens (tertiary/aromatic N) is 1. The molecule has 0 aromatic heterocycles. The predicted octanol–water partition coefficient (Wildman–Crippen LogP) is 4.42. The predicted molar refractivity (Wildman–Crippen MR) is 119 cm³/mol. The van der Waals surface area contributed by atoms with Crippen molar-refractivity contribution >= 4 is 37.3 Å². The Morgan fingerprint density at radius 2 is 1.77 bits per heavy atom. The zero-order chi connectivity index (χ0) is 22.6. The molecule has 0 bridgehead atoms. The highest BCUT2D eigenvalue weighted by molar-refractivity contribution is 8.06. The van der Waals surface area contributed by atoms with Crippen LogP contribution in [0.4, 0.5) is 0 Å². The Bertz CT molecular complexity index is 902. The SMILES string of the molecule is CC(=O)Oc1c(C(C)C)cc(/C=C2\SC=CN(CCP(=O)(O)O)C2=O)cc1C(C)C. The molecule has 9 heteroatoms. The smallest absolute Gasteiger partial charge is 0.327 e. The van der Waals surface area contributed by atoms with Crippen molar-refractivity contribution in [2.45, 2.75) is 46.5 Å². The Morgan fingerprint density at radius 1 is 1.20 bits per heavy atom. The van der Waals surface area contributed by atoms with Gasteiger partial charge in [-0.25, -0.2) is 0 Å². The molecule has 0 atom stereocenters. The van der Waals surface area contributed by atoms with Gasteiger partial charge in [-0.05, 0) is 52.1 Å². The average molecular weight is 453 g/mol. The van der Waals surface area contributed by atoms with E-state index in [0.717, 1.165) is 16.7 Å². The molecule has 1 aliphatic rings. The molecule has 0 spiro atoms. The fourth-order valence-corrected chi connectivity index (χ4v) is 4.25. The molecule has 0 unspecified atom stereocenters. The van der Waals surface area contributed by atoms with E-state index >= 15 is 0 Å². The van der Waals surface area contributed by atoms with E-state index in [1.54, 1.807) is 11.5 Å². The summed E-state index contributed by atoms with van der Waals surface area (Å²) in [5.41, 5.74) is 2.57. The van der Waals surface area contributed by atoms with E-state index in [2.05, 4.69) is 0 Å². The molecule has 1 aliphatic heterocycles. The first-order valence-corrected chi connectivity index (χ1v) is 12.3. The second-order valence-corrected chi connectivity index (χ2v) is 10.5. The lowest BCUT2D eigenvalue weighted by molar-refractivity contribution is -0.132. The number of rotatable bonds is 7. The summed E-state index contributed by atoms with van der Waals surface area (Å²) in [4.78, 5) is 44.3. The lowest BCUT2D eigenvalue weighted by Gasteiger charge is -2.23. The first-order chi connectivity index (χ1) is 13.9. The van der Waals surface area contributed by atoms with Crippen molar-refractivity contribution in [2.24, 2.45) is 0 Å². The fourth-order valence-electron chi connectivity index (χ4n) is 3.00. The minimum absolute atomic E-state index is 0.0581. The molecule has 0 saturated heterocycles. The lowest BCUT2D eigenvalue weighted by Crippen LogP contribution is -2.30. The lowest BCUT2D eigenvalue weighted by atomic mass is 9.91. The molecule has 0 aliphatic carbocycles. The van der Waals surface area contributed by atoms with Crippen molar-refractivity contribution in [1.29, 1.82) is 0 Å². The van der Waals surface area contributed by atoms with E-state index in [-0.39, 0.29) is 30.3 Å². The molecule has 1 heterocycles. The summed E-state index contributed by atoms with van der Waals surface area (Å²) in [6, 6.07) is 3.82. The molecule has 2 rings (SSSR count). The number of hydrogen-bond acceptors (Lipinski definition) is 5. The van der Waals surface area contributed by atoms with Gasteiger partial charge in [0.1, 0.15) is 5.75 Å². The second kappa shape index (κ2) is 9.96. The molecule has 0 radical (unpaired) electrons. The third-order valence-electron chi connectivity index (χ3n) is 4.50. The van der Waals surface area contributed by atoms with Crippen LogP contribution >= 0.6 is 19.4 Å². The molecule has 1 amide bonds. The minimum atomic E-state index is -4.19. The highest BCUT2D eigenvalue weighted by Crippen LogP contribution is 2.38. The zero-order valence-electron chi connectivity index (χ0n) is 17.8. The highest BCUT2D eigenvalue weighted by atomic mass is 32.2. The average Bonchev–Trinajstić information content (AvgIpc) is 2.61. The van der Waals surface area contributed by atoms with Gasteiger partial charge in [-0.1, -0.05) is 39.5 Å². The molecule has 1 aromatic carbocycles. The summed E-state index contributed by atoms with van der Waals surface area (Å²) in [6.45, 7) is 9.36. The second-order valence-electron chi connectivity index (χ2n) is 7.73. The van der Waals surface area contributed by atoms with Crippen LogP contribution in [-0.2, 0) is 14.2 Å². The van der Waals surface area contributed by atoms with Crippen LogP contribution in [0.3, 0.4) is 0 Å². The maximum atomic E-state index is 12.8. The van der Waals surface area contributed by atoms with E-state index in [1.165, 1.54) is 29.8 Å². The van der Waals surface area contributed by atoms with E-state index in [0.29, 0.717) is 10.7 Å². The summed E-state index contributed by atoms with van der Waals surface area (Å²) in [7, 11) is -4.19. The number of hydrogen-bond donors (Lipinski definition) is 2. The summed E-state index contributed by atoms with van der Waals surface area (Å²) in [5, 5.41) is 1.72. The molecule has 1 aromatic rings. The van der Waals surface area contributed by atoms with Crippen molar-refractivity contribution in [3.8, 4) is 5.75 Å². The van der Waals surface area contributed by atoms with Crippen LogP contribution in [0.1, 0.15) is 63.1 Å². The van der Waals surface area contributed by atoms with Gasteiger partial charge in [0.05, 0.1) is 11.1 Å². The van der Waals surface area contributed by atoms with Gasteiger partial charge in [-0.2, -0.15) is 0 Å². The van der Waals surface area contributed by atoms with Crippen molar-refractivity contribution < 1.29 is 28.7 Å². The number of benzene rings is 1. The molecule has 164 valence electrons. The van der Waals surface area contributed by atoms with E-state index in [1.807, 2.05) is 39.8 Å². The number of amides is 1. The van der Waals surface area contributed by atoms with Gasteiger partial charge in [0.15, 0.2) is 0 Å². The third-order valence-corrected chi connectivity index (χ3v) is 6.08. The zero-order valence-corrected chi connectivity index (χ0v) is 19.5. The van der Waals surface area contributed by atoms with Crippen molar-refractivity contribution in [3.05, 3.63) is 45.3 Å². The Morgan fingerprint density at radius 3 is 2.23 bits per heavy atom. The topological polar surface area (TPSA) is 104 Å². The first kappa shape index (κ1) is 24.4. The van der Waals surface area contributed by atoms with E-state index in [9.17, 15) is 14.2 Å². The van der Waals surface area contributed by atoms with Crippen LogP contribution in [0.25, 0.3) is 6.08 Å². The highest BCUT2D eigenvalue weighted by Gasteiger charge is 2.24. The number of thioether (sulfide) groups is 1. The van der Waals surface area contributed by atoms with Crippen molar-refractivity contribution in [3.63, 3.8) is 0 Å². The Labute approximate surface area is 181 Å². The van der Waals surface area contributed by atoms with Gasteiger partial charge >= 0.3 is 13.6 Å². The van der Waals surface area contributed by atoms with E-state index < -0.39 is 13.8 Å². The standard InChI is InChI=1S/C21H28NO6PS/c1-13(2)17-10-16(11-18(14(3)4)20(17)28-15(5)23)12-19-21(24)22(7-9-30-19)6-8-29(25,26)27/h7,9-14H,6,8H2,1-5H3,(H2,25,26,27)/b19-12-. The number of carbonyl (C=O) groups excluding carboxylic acids is 2. The Hall–Kier alpha value is -1.86. The van der Waals surface area contributed by atoms with Gasteiger partial charge in [0.2, 0.25) is 0 Å². The number of esters is 1. The maximum absolute atomic E-state index is 12.8. The van der Waals surface area contributed by atoms with Crippen LogP contribution in [0.5, 0.6) is 5.75 Å². The quantitative estimate of drug-likeness (QED) is 0.272.